The Morgan fingerprint density at radius 1 is 1.56 bits per heavy atom. The van der Waals surface area contributed by atoms with E-state index in [4.69, 9.17) is 15.6 Å². The molecule has 1 fully saturated rings. The highest BCUT2D eigenvalue weighted by molar-refractivity contribution is 5.73. The number of ether oxygens (including phenoxy) is 1. The van der Waals surface area contributed by atoms with Gasteiger partial charge in [-0.05, 0) is 12.8 Å². The third kappa shape index (κ3) is 2.05. The van der Waals surface area contributed by atoms with Crippen molar-refractivity contribution in [3.05, 3.63) is 11.4 Å². The molecule has 0 amide bonds. The van der Waals surface area contributed by atoms with Crippen molar-refractivity contribution in [3.8, 4) is 5.88 Å². The number of anilines is 1. The summed E-state index contributed by atoms with van der Waals surface area (Å²) in [6, 6.07) is 0. The number of carbonyl (C=O) groups is 1. The van der Waals surface area contributed by atoms with Gasteiger partial charge >= 0.3 is 5.97 Å². The number of nitrogen functional groups attached to an aromatic ring is 1. The molecule has 0 atom stereocenters. The molecule has 2 rings (SSSR count). The zero-order chi connectivity index (χ0) is 11.7. The van der Waals surface area contributed by atoms with Gasteiger partial charge in [0.2, 0.25) is 5.88 Å². The number of nitrogens with two attached hydrogens (primary N) is 1. The Balaban J connectivity index is 2.38. The van der Waals surface area contributed by atoms with Crippen LogP contribution in [0, 0.1) is 0 Å². The molecule has 86 valence electrons. The molecule has 16 heavy (non-hydrogen) atoms. The van der Waals surface area contributed by atoms with E-state index in [1.807, 2.05) is 0 Å². The summed E-state index contributed by atoms with van der Waals surface area (Å²) in [7, 11) is 1.45. The lowest BCUT2D eigenvalue weighted by Gasteiger charge is -2.09. The highest BCUT2D eigenvalue weighted by Gasteiger charge is 2.28. The van der Waals surface area contributed by atoms with Gasteiger partial charge in [0.05, 0.1) is 19.1 Å². The van der Waals surface area contributed by atoms with Crippen molar-refractivity contribution in [1.29, 1.82) is 0 Å². The van der Waals surface area contributed by atoms with Crippen molar-refractivity contribution in [1.82, 2.24) is 9.97 Å². The fourth-order valence-electron chi connectivity index (χ4n) is 1.51. The predicted octanol–water partition coefficient (Wildman–Crippen LogP) is 0.572. The molecular formula is C10H13N3O3. The van der Waals surface area contributed by atoms with Crippen molar-refractivity contribution in [3.63, 3.8) is 0 Å². The number of hydrogen-bond donors (Lipinski definition) is 2. The molecule has 1 saturated carbocycles. The fourth-order valence-corrected chi connectivity index (χ4v) is 1.51. The van der Waals surface area contributed by atoms with E-state index in [1.165, 1.54) is 7.11 Å². The number of rotatable bonds is 4. The zero-order valence-electron chi connectivity index (χ0n) is 8.93. The first-order chi connectivity index (χ1) is 7.61. The second-order valence-electron chi connectivity index (χ2n) is 3.80. The number of aromatic nitrogens is 2. The first kappa shape index (κ1) is 10.7. The molecule has 0 saturated heterocycles. The molecule has 1 aliphatic rings. The van der Waals surface area contributed by atoms with Crippen molar-refractivity contribution in [2.45, 2.75) is 25.2 Å². The molecule has 0 bridgehead atoms. The van der Waals surface area contributed by atoms with Gasteiger partial charge < -0.3 is 15.6 Å². The van der Waals surface area contributed by atoms with Crippen molar-refractivity contribution in [2.75, 3.05) is 12.8 Å². The summed E-state index contributed by atoms with van der Waals surface area (Å²) >= 11 is 0. The average Bonchev–Trinajstić information content (AvgIpc) is 3.03. The van der Waals surface area contributed by atoms with Gasteiger partial charge in [-0.25, -0.2) is 4.98 Å². The summed E-state index contributed by atoms with van der Waals surface area (Å²) in [5.41, 5.74) is 6.06. The number of hydrogen-bond acceptors (Lipinski definition) is 5. The molecule has 1 aromatic heterocycles. The topological polar surface area (TPSA) is 98.3 Å². The smallest absolute Gasteiger partial charge is 0.308 e. The van der Waals surface area contributed by atoms with Gasteiger partial charge in [0.1, 0.15) is 11.6 Å². The number of aliphatic carboxylic acids is 1. The zero-order valence-corrected chi connectivity index (χ0v) is 8.93. The van der Waals surface area contributed by atoms with Gasteiger partial charge in [-0.1, -0.05) is 0 Å². The summed E-state index contributed by atoms with van der Waals surface area (Å²) in [4.78, 5) is 19.0. The van der Waals surface area contributed by atoms with E-state index in [2.05, 4.69) is 9.97 Å². The summed E-state index contributed by atoms with van der Waals surface area (Å²) in [6.07, 6.45) is 1.89. The van der Waals surface area contributed by atoms with Gasteiger partial charge in [0, 0.05) is 5.92 Å². The lowest BCUT2D eigenvalue weighted by molar-refractivity contribution is -0.136. The first-order valence-corrected chi connectivity index (χ1v) is 5.04. The summed E-state index contributed by atoms with van der Waals surface area (Å²) in [5, 5.41) is 8.74. The van der Waals surface area contributed by atoms with Crippen molar-refractivity contribution in [2.24, 2.45) is 0 Å². The fraction of sp³-hybridized carbons (Fsp3) is 0.500. The summed E-state index contributed by atoms with van der Waals surface area (Å²) < 4.78 is 5.05. The van der Waals surface area contributed by atoms with E-state index in [-0.39, 0.29) is 18.1 Å². The Bertz CT molecular complexity index is 430. The van der Waals surface area contributed by atoms with E-state index in [9.17, 15) is 4.79 Å². The second kappa shape index (κ2) is 3.96. The van der Waals surface area contributed by atoms with Gasteiger partial charge in [-0.2, -0.15) is 4.98 Å². The second-order valence-corrected chi connectivity index (χ2v) is 3.80. The molecule has 6 heteroatoms. The van der Waals surface area contributed by atoms with Crippen LogP contribution < -0.4 is 10.5 Å². The largest absolute Gasteiger partial charge is 0.481 e. The maximum atomic E-state index is 10.7. The van der Waals surface area contributed by atoms with Crippen LogP contribution in [0.25, 0.3) is 0 Å². The summed E-state index contributed by atoms with van der Waals surface area (Å²) in [6.45, 7) is 0. The summed E-state index contributed by atoms with van der Waals surface area (Å²) in [5.74, 6) is 0.513. The quantitative estimate of drug-likeness (QED) is 0.774. The Hall–Kier alpha value is -1.85. The van der Waals surface area contributed by atoms with E-state index in [1.54, 1.807) is 0 Å². The van der Waals surface area contributed by atoms with E-state index < -0.39 is 5.97 Å². The van der Waals surface area contributed by atoms with Crippen LogP contribution in [-0.4, -0.2) is 28.2 Å². The molecule has 0 radical (unpaired) electrons. The predicted molar refractivity (Wildman–Crippen MR) is 56.3 cm³/mol. The molecule has 3 N–H and O–H groups in total. The minimum atomic E-state index is -0.979. The monoisotopic (exact) mass is 223 g/mol. The van der Waals surface area contributed by atoms with Crippen molar-refractivity contribution >= 4 is 11.8 Å². The highest BCUT2D eigenvalue weighted by Crippen LogP contribution is 2.39. The third-order valence-electron chi connectivity index (χ3n) is 2.48. The molecule has 0 unspecified atom stereocenters. The molecule has 0 aliphatic heterocycles. The Morgan fingerprint density at radius 2 is 2.25 bits per heavy atom. The lowest BCUT2D eigenvalue weighted by atomic mass is 10.2. The highest BCUT2D eigenvalue weighted by atomic mass is 16.5. The molecule has 1 heterocycles. The van der Waals surface area contributed by atoms with Crippen LogP contribution >= 0.6 is 0 Å². The van der Waals surface area contributed by atoms with Gasteiger partial charge in [0.25, 0.3) is 0 Å². The van der Waals surface area contributed by atoms with Crippen LogP contribution in [0.4, 0.5) is 5.82 Å². The van der Waals surface area contributed by atoms with Crippen molar-refractivity contribution < 1.29 is 14.6 Å². The maximum absolute atomic E-state index is 10.7. The normalized spacial score (nSPS) is 14.8. The van der Waals surface area contributed by atoms with E-state index in [0.717, 1.165) is 12.8 Å². The number of carboxylic acids is 1. The van der Waals surface area contributed by atoms with Crippen LogP contribution in [0.1, 0.15) is 30.1 Å². The molecule has 6 nitrogen and oxygen atoms in total. The molecule has 1 aromatic rings. The molecular weight excluding hydrogens is 210 g/mol. The number of nitrogens with zero attached hydrogens (tertiary/aromatic N) is 2. The first-order valence-electron chi connectivity index (χ1n) is 5.04. The standard InChI is InChI=1S/C10H13N3O3/c1-16-10-6(4-7(14)15)8(11)12-9(13-10)5-2-3-5/h5H,2-4H2,1H3,(H,14,15)(H2,11,12,13). The Kier molecular flexibility index (Phi) is 2.64. The van der Waals surface area contributed by atoms with Crippen LogP contribution in [0.15, 0.2) is 0 Å². The average molecular weight is 223 g/mol. The SMILES string of the molecule is COc1nc(C2CC2)nc(N)c1CC(=O)O. The Morgan fingerprint density at radius 3 is 2.75 bits per heavy atom. The van der Waals surface area contributed by atoms with Gasteiger partial charge in [-0.3, -0.25) is 4.79 Å². The number of carboxylic acid groups (broad SMARTS) is 1. The maximum Gasteiger partial charge on any atom is 0.308 e. The van der Waals surface area contributed by atoms with Crippen LogP contribution in [0.5, 0.6) is 5.88 Å². The molecule has 0 spiro atoms. The molecule has 1 aliphatic carbocycles. The third-order valence-corrected chi connectivity index (χ3v) is 2.48. The van der Waals surface area contributed by atoms with Gasteiger partial charge in [0.15, 0.2) is 0 Å². The lowest BCUT2D eigenvalue weighted by Crippen LogP contribution is -2.10. The van der Waals surface area contributed by atoms with Gasteiger partial charge in [-0.15, -0.1) is 0 Å². The van der Waals surface area contributed by atoms with Crippen LogP contribution in [0.2, 0.25) is 0 Å². The number of methoxy groups -OCH3 is 1. The van der Waals surface area contributed by atoms with E-state index in [0.29, 0.717) is 17.3 Å². The van der Waals surface area contributed by atoms with Crippen LogP contribution in [0.3, 0.4) is 0 Å². The minimum Gasteiger partial charge on any atom is -0.481 e. The van der Waals surface area contributed by atoms with E-state index >= 15 is 0 Å². The van der Waals surface area contributed by atoms with Crippen LogP contribution in [-0.2, 0) is 11.2 Å². The minimum absolute atomic E-state index is 0.205. The molecule has 0 aromatic carbocycles. The Labute approximate surface area is 92.5 Å².